The molecule has 0 aromatic heterocycles. The molecule has 1 heterocycles. The number of piperazine rings is 1. The lowest BCUT2D eigenvalue weighted by molar-refractivity contribution is 0.137. The number of nitrogens with two attached hydrogens (primary N) is 1. The van der Waals surface area contributed by atoms with Gasteiger partial charge in [0.05, 0.1) is 6.54 Å². The zero-order valence-corrected chi connectivity index (χ0v) is 11.1. The van der Waals surface area contributed by atoms with Crippen molar-refractivity contribution in [2.24, 2.45) is 10.9 Å². The van der Waals surface area contributed by atoms with Gasteiger partial charge in [0.25, 0.3) is 0 Å². The Kier molecular flexibility index (Phi) is 4.86. The summed E-state index contributed by atoms with van der Waals surface area (Å²) >= 11 is 0. The molecule has 1 aliphatic heterocycles. The van der Waals surface area contributed by atoms with Gasteiger partial charge in [0, 0.05) is 38.3 Å². The van der Waals surface area contributed by atoms with Crippen LogP contribution in [0.15, 0.2) is 23.4 Å². The Labute approximate surface area is 116 Å². The average Bonchev–Trinajstić information content (AvgIpc) is 2.45. The fourth-order valence-electron chi connectivity index (χ4n) is 2.27. The van der Waals surface area contributed by atoms with Gasteiger partial charge in [-0.3, -0.25) is 9.80 Å². The highest BCUT2D eigenvalue weighted by molar-refractivity contribution is 5.81. The Morgan fingerprint density at radius 2 is 1.85 bits per heavy atom. The van der Waals surface area contributed by atoms with Gasteiger partial charge in [0.1, 0.15) is 11.6 Å². The number of hydrogen-bond donors (Lipinski definition) is 2. The van der Waals surface area contributed by atoms with Crippen LogP contribution in [-0.2, 0) is 6.54 Å². The monoisotopic (exact) mass is 284 g/mol. The molecular formula is C13H18F2N4O. The molecule has 0 amide bonds. The molecule has 7 heteroatoms. The molecule has 110 valence electrons. The predicted molar refractivity (Wildman–Crippen MR) is 71.5 cm³/mol. The predicted octanol–water partition coefficient (Wildman–Crippen LogP) is 0.829. The highest BCUT2D eigenvalue weighted by atomic mass is 19.1. The molecule has 2 rings (SSSR count). The number of oxime groups is 1. The van der Waals surface area contributed by atoms with Crippen molar-refractivity contribution in [1.82, 2.24) is 9.80 Å². The smallest absolute Gasteiger partial charge is 0.153 e. The zero-order valence-electron chi connectivity index (χ0n) is 11.1. The van der Waals surface area contributed by atoms with Crippen molar-refractivity contribution in [3.8, 4) is 0 Å². The minimum absolute atomic E-state index is 0.176. The molecular weight excluding hydrogens is 266 g/mol. The van der Waals surface area contributed by atoms with Crippen LogP contribution in [-0.4, -0.2) is 53.6 Å². The Balaban J connectivity index is 1.87. The third-order valence-corrected chi connectivity index (χ3v) is 3.38. The lowest BCUT2D eigenvalue weighted by Gasteiger charge is -2.34. The van der Waals surface area contributed by atoms with Crippen LogP contribution in [0.25, 0.3) is 0 Å². The fraction of sp³-hybridized carbons (Fsp3) is 0.462. The molecule has 3 N–H and O–H groups in total. The second-order valence-corrected chi connectivity index (χ2v) is 4.88. The summed E-state index contributed by atoms with van der Waals surface area (Å²) in [6, 6.07) is 3.51. The Morgan fingerprint density at radius 3 is 2.50 bits per heavy atom. The van der Waals surface area contributed by atoms with Crippen molar-refractivity contribution in [2.75, 3.05) is 32.7 Å². The number of nitrogens with zero attached hydrogens (tertiary/aromatic N) is 3. The summed E-state index contributed by atoms with van der Waals surface area (Å²) in [6.45, 7) is 3.75. The highest BCUT2D eigenvalue weighted by Gasteiger charge is 2.18. The second-order valence-electron chi connectivity index (χ2n) is 4.88. The summed E-state index contributed by atoms with van der Waals surface area (Å²) in [7, 11) is 0. The summed E-state index contributed by atoms with van der Waals surface area (Å²) in [6.07, 6.45) is 0. The first-order valence-electron chi connectivity index (χ1n) is 6.43. The van der Waals surface area contributed by atoms with E-state index in [2.05, 4.69) is 10.1 Å². The van der Waals surface area contributed by atoms with Crippen molar-refractivity contribution in [3.63, 3.8) is 0 Å². The molecule has 0 atom stereocenters. The van der Waals surface area contributed by atoms with Crippen LogP contribution in [0.1, 0.15) is 5.56 Å². The minimum atomic E-state index is -0.424. The molecule has 1 saturated heterocycles. The van der Waals surface area contributed by atoms with E-state index in [0.717, 1.165) is 38.3 Å². The SMILES string of the molecule is N/C(CN1CCN(Cc2cc(F)ccc2F)CC1)=N/O. The van der Waals surface area contributed by atoms with E-state index in [-0.39, 0.29) is 11.7 Å². The summed E-state index contributed by atoms with van der Waals surface area (Å²) in [5.74, 6) is -0.632. The van der Waals surface area contributed by atoms with Crippen molar-refractivity contribution in [2.45, 2.75) is 6.54 Å². The molecule has 1 aliphatic rings. The van der Waals surface area contributed by atoms with Gasteiger partial charge in [-0.1, -0.05) is 5.16 Å². The van der Waals surface area contributed by atoms with Crippen LogP contribution >= 0.6 is 0 Å². The van der Waals surface area contributed by atoms with E-state index in [1.165, 1.54) is 6.07 Å². The highest BCUT2D eigenvalue weighted by Crippen LogP contribution is 2.13. The van der Waals surface area contributed by atoms with Gasteiger partial charge in [-0.05, 0) is 18.2 Å². The Bertz CT molecular complexity index is 487. The van der Waals surface area contributed by atoms with Gasteiger partial charge in [0.15, 0.2) is 5.84 Å². The molecule has 1 fully saturated rings. The average molecular weight is 284 g/mol. The third-order valence-electron chi connectivity index (χ3n) is 3.38. The van der Waals surface area contributed by atoms with Crippen molar-refractivity contribution in [1.29, 1.82) is 0 Å². The van der Waals surface area contributed by atoms with Crippen LogP contribution in [0.3, 0.4) is 0 Å². The summed E-state index contributed by atoms with van der Waals surface area (Å²) in [5, 5.41) is 11.5. The van der Waals surface area contributed by atoms with E-state index in [0.29, 0.717) is 18.7 Å². The fourth-order valence-corrected chi connectivity index (χ4v) is 2.27. The zero-order chi connectivity index (χ0) is 14.5. The van der Waals surface area contributed by atoms with Crippen molar-refractivity contribution < 1.29 is 14.0 Å². The van der Waals surface area contributed by atoms with Gasteiger partial charge >= 0.3 is 0 Å². The number of hydrogen-bond acceptors (Lipinski definition) is 4. The minimum Gasteiger partial charge on any atom is -0.409 e. The van der Waals surface area contributed by atoms with Gasteiger partial charge in [-0.15, -0.1) is 0 Å². The van der Waals surface area contributed by atoms with Gasteiger partial charge in [-0.2, -0.15) is 0 Å². The lowest BCUT2D eigenvalue weighted by atomic mass is 10.1. The Morgan fingerprint density at radius 1 is 1.20 bits per heavy atom. The molecule has 0 unspecified atom stereocenters. The van der Waals surface area contributed by atoms with Crippen LogP contribution in [0.4, 0.5) is 8.78 Å². The maximum Gasteiger partial charge on any atom is 0.153 e. The van der Waals surface area contributed by atoms with Crippen LogP contribution < -0.4 is 5.73 Å². The topological polar surface area (TPSA) is 65.1 Å². The molecule has 1 aromatic rings. The maximum atomic E-state index is 13.6. The van der Waals surface area contributed by atoms with Crippen molar-refractivity contribution >= 4 is 5.84 Å². The number of benzene rings is 1. The van der Waals surface area contributed by atoms with E-state index in [1.807, 2.05) is 4.90 Å². The Hall–Kier alpha value is -1.73. The van der Waals surface area contributed by atoms with Gasteiger partial charge < -0.3 is 10.9 Å². The van der Waals surface area contributed by atoms with E-state index < -0.39 is 5.82 Å². The number of rotatable bonds is 4. The maximum absolute atomic E-state index is 13.6. The van der Waals surface area contributed by atoms with Gasteiger partial charge in [-0.25, -0.2) is 8.78 Å². The molecule has 0 saturated carbocycles. The normalized spacial score (nSPS) is 18.4. The lowest BCUT2D eigenvalue weighted by Crippen LogP contribution is -2.48. The molecule has 5 nitrogen and oxygen atoms in total. The van der Waals surface area contributed by atoms with Crippen molar-refractivity contribution in [3.05, 3.63) is 35.4 Å². The molecule has 0 aliphatic carbocycles. The number of halogens is 2. The number of amidine groups is 1. The van der Waals surface area contributed by atoms with Crippen LogP contribution in [0, 0.1) is 11.6 Å². The van der Waals surface area contributed by atoms with E-state index >= 15 is 0 Å². The third kappa shape index (κ3) is 3.88. The molecule has 0 spiro atoms. The van der Waals surface area contributed by atoms with E-state index in [9.17, 15) is 8.78 Å². The first-order chi connectivity index (χ1) is 9.58. The first kappa shape index (κ1) is 14.7. The molecule has 1 aromatic carbocycles. The molecule has 0 bridgehead atoms. The van der Waals surface area contributed by atoms with Gasteiger partial charge in [0.2, 0.25) is 0 Å². The summed E-state index contributed by atoms with van der Waals surface area (Å²) < 4.78 is 26.7. The first-order valence-corrected chi connectivity index (χ1v) is 6.43. The quantitative estimate of drug-likeness (QED) is 0.372. The van der Waals surface area contributed by atoms with Crippen LogP contribution in [0.5, 0.6) is 0 Å². The van der Waals surface area contributed by atoms with Crippen LogP contribution in [0.2, 0.25) is 0 Å². The largest absolute Gasteiger partial charge is 0.409 e. The molecule has 0 radical (unpaired) electrons. The van der Waals surface area contributed by atoms with E-state index in [4.69, 9.17) is 10.9 Å². The second kappa shape index (κ2) is 6.62. The summed E-state index contributed by atoms with van der Waals surface area (Å²) in [4.78, 5) is 4.11. The standard InChI is InChI=1S/C13H18F2N4O/c14-11-1-2-12(15)10(7-11)8-18-3-5-19(6-4-18)9-13(16)17-20/h1-2,7,20H,3-6,8-9H2,(H2,16,17). The van der Waals surface area contributed by atoms with E-state index in [1.54, 1.807) is 0 Å². The molecule has 20 heavy (non-hydrogen) atoms. The summed E-state index contributed by atoms with van der Waals surface area (Å²) in [5.41, 5.74) is 5.82.